The molecule has 0 saturated carbocycles. The zero-order chi connectivity index (χ0) is 38.7. The highest BCUT2D eigenvalue weighted by Crippen LogP contribution is 2.22. The van der Waals surface area contributed by atoms with Crippen molar-refractivity contribution in [3.05, 3.63) is 120 Å². The number of hydrogen-bond donors (Lipinski definition) is 0. The number of anilines is 2. The second-order valence-electron chi connectivity index (χ2n) is 13.4. The summed E-state index contributed by atoms with van der Waals surface area (Å²) >= 11 is 0. The van der Waals surface area contributed by atoms with Crippen LogP contribution in [0.25, 0.3) is 24.3 Å². The fourth-order valence-electron chi connectivity index (χ4n) is 5.90. The molecule has 2 heterocycles. The van der Waals surface area contributed by atoms with Gasteiger partial charge in [-0.05, 0) is 86.4 Å². The SMILES string of the molecule is CC[n+]1ccccc1/C=C/c1ccc(N(C)CCCN(C)C(=O)CSSCC(=O)N(C)CCCN(C)c2ccc(/C=C/c3cccc[n+]3CC)cc2)cc1. The van der Waals surface area contributed by atoms with Gasteiger partial charge in [0.15, 0.2) is 12.4 Å². The molecule has 0 aliphatic rings. The lowest BCUT2D eigenvalue weighted by atomic mass is 10.1. The molecule has 10 heteroatoms. The van der Waals surface area contributed by atoms with E-state index in [0.29, 0.717) is 24.6 Å². The van der Waals surface area contributed by atoms with Crippen molar-refractivity contribution in [2.45, 2.75) is 39.8 Å². The van der Waals surface area contributed by atoms with Crippen LogP contribution in [0.4, 0.5) is 11.4 Å². The van der Waals surface area contributed by atoms with E-state index < -0.39 is 0 Å². The number of hydrogen-bond acceptors (Lipinski definition) is 6. The van der Waals surface area contributed by atoms with Gasteiger partial charge in [-0.3, -0.25) is 9.59 Å². The number of aryl methyl sites for hydroxylation is 2. The molecule has 54 heavy (non-hydrogen) atoms. The lowest BCUT2D eigenvalue weighted by Crippen LogP contribution is -2.34. The number of nitrogens with zero attached hydrogens (tertiary/aromatic N) is 6. The number of carbonyl (C=O) groups is 2. The van der Waals surface area contributed by atoms with Crippen LogP contribution in [0, 0.1) is 0 Å². The molecular formula is C44H58N6O2S2+2. The maximum atomic E-state index is 12.7. The van der Waals surface area contributed by atoms with E-state index in [-0.39, 0.29) is 11.8 Å². The summed E-state index contributed by atoms with van der Waals surface area (Å²) in [6.07, 6.45) is 14.5. The topological polar surface area (TPSA) is 54.9 Å². The maximum Gasteiger partial charge on any atom is 0.233 e. The highest BCUT2D eigenvalue weighted by molar-refractivity contribution is 8.77. The predicted molar refractivity (Wildman–Crippen MR) is 231 cm³/mol. The molecule has 0 unspecified atom stereocenters. The van der Waals surface area contributed by atoms with Gasteiger partial charge in [-0.25, -0.2) is 0 Å². The maximum absolute atomic E-state index is 12.7. The highest BCUT2D eigenvalue weighted by Gasteiger charge is 2.13. The first kappa shape index (κ1) is 42.2. The van der Waals surface area contributed by atoms with Crippen molar-refractivity contribution in [1.29, 1.82) is 0 Å². The Morgan fingerprint density at radius 2 is 0.926 bits per heavy atom. The van der Waals surface area contributed by atoms with Crippen LogP contribution in [0.2, 0.25) is 0 Å². The molecule has 286 valence electrons. The van der Waals surface area contributed by atoms with E-state index in [9.17, 15) is 9.59 Å². The molecule has 0 aliphatic carbocycles. The highest BCUT2D eigenvalue weighted by atomic mass is 33.1. The molecule has 0 N–H and O–H groups in total. The van der Waals surface area contributed by atoms with Gasteiger partial charge in [0.05, 0.1) is 11.5 Å². The van der Waals surface area contributed by atoms with E-state index in [4.69, 9.17) is 0 Å². The minimum atomic E-state index is 0.0860. The summed E-state index contributed by atoms with van der Waals surface area (Å²) in [5.74, 6) is 0.883. The van der Waals surface area contributed by atoms with Crippen LogP contribution in [-0.2, 0) is 22.7 Å². The molecular weight excluding hydrogens is 709 g/mol. The Bertz CT molecular complexity index is 1680. The van der Waals surface area contributed by atoms with Crippen molar-refractivity contribution in [2.75, 3.05) is 75.7 Å². The predicted octanol–water partition coefficient (Wildman–Crippen LogP) is 7.29. The van der Waals surface area contributed by atoms with Crippen LogP contribution in [0.3, 0.4) is 0 Å². The summed E-state index contributed by atoms with van der Waals surface area (Å²) in [6.45, 7) is 9.25. The van der Waals surface area contributed by atoms with E-state index in [1.807, 2.05) is 14.1 Å². The smallest absolute Gasteiger partial charge is 0.233 e. The third-order valence-corrected chi connectivity index (χ3v) is 11.6. The van der Waals surface area contributed by atoms with Crippen LogP contribution in [0.15, 0.2) is 97.3 Å². The summed E-state index contributed by atoms with van der Waals surface area (Å²) < 4.78 is 4.43. The minimum absolute atomic E-state index is 0.0860. The van der Waals surface area contributed by atoms with E-state index in [1.165, 1.54) is 33.0 Å². The van der Waals surface area contributed by atoms with E-state index in [1.54, 1.807) is 9.80 Å². The first-order valence-electron chi connectivity index (χ1n) is 18.9. The summed E-state index contributed by atoms with van der Waals surface area (Å²) in [7, 11) is 10.8. The quantitative estimate of drug-likeness (QED) is 0.0505. The number of rotatable bonds is 21. The van der Waals surface area contributed by atoms with Crippen molar-refractivity contribution in [2.24, 2.45) is 0 Å². The molecule has 0 bridgehead atoms. The van der Waals surface area contributed by atoms with Crippen molar-refractivity contribution in [3.63, 3.8) is 0 Å². The molecule has 0 atom stereocenters. The molecule has 2 aromatic carbocycles. The number of amides is 2. The second-order valence-corrected chi connectivity index (χ2v) is 15.8. The Morgan fingerprint density at radius 3 is 1.30 bits per heavy atom. The minimum Gasteiger partial charge on any atom is -0.375 e. The number of aromatic nitrogens is 2. The van der Waals surface area contributed by atoms with E-state index >= 15 is 0 Å². The van der Waals surface area contributed by atoms with Crippen LogP contribution >= 0.6 is 21.6 Å². The van der Waals surface area contributed by atoms with Crippen molar-refractivity contribution < 1.29 is 18.7 Å². The Hall–Kier alpha value is -4.54. The van der Waals surface area contributed by atoms with Crippen LogP contribution in [-0.4, -0.2) is 87.5 Å². The van der Waals surface area contributed by atoms with Gasteiger partial charge in [0, 0.05) is 102 Å². The molecule has 0 radical (unpaired) electrons. The van der Waals surface area contributed by atoms with Crippen molar-refractivity contribution in [1.82, 2.24) is 9.80 Å². The second kappa shape index (κ2) is 22.6. The molecule has 0 fully saturated rings. The third kappa shape index (κ3) is 13.7. The number of pyridine rings is 2. The molecule has 0 aliphatic heterocycles. The van der Waals surface area contributed by atoms with Gasteiger partial charge in [0.2, 0.25) is 23.2 Å². The molecule has 0 spiro atoms. The van der Waals surface area contributed by atoms with Crippen LogP contribution in [0.1, 0.15) is 49.2 Å². The van der Waals surface area contributed by atoms with E-state index in [0.717, 1.165) is 61.5 Å². The van der Waals surface area contributed by atoms with Crippen LogP contribution < -0.4 is 18.9 Å². The average Bonchev–Trinajstić information content (AvgIpc) is 3.20. The molecule has 2 amide bonds. The van der Waals surface area contributed by atoms with Gasteiger partial charge in [0.25, 0.3) is 0 Å². The standard InChI is InChI=1S/C44H58N6O2S2/c1-7-49-33-11-9-15-41(49)27-21-37-17-23-39(24-18-37)45(3)29-13-31-47(5)43(51)35-53-54-36-44(52)48(6)32-14-30-46(4)40-25-19-38(20-26-40)22-28-42-16-10-12-34-50(42)8-2/h9-12,15-28,33-34H,7-8,13-14,29-32,35-36H2,1-6H3/q+2. The lowest BCUT2D eigenvalue weighted by Gasteiger charge is -2.22. The normalized spacial score (nSPS) is 11.3. The Morgan fingerprint density at radius 1 is 0.537 bits per heavy atom. The molecule has 8 nitrogen and oxygen atoms in total. The molecule has 2 aromatic heterocycles. The molecule has 4 aromatic rings. The summed E-state index contributed by atoms with van der Waals surface area (Å²) in [6, 6.07) is 29.6. The van der Waals surface area contributed by atoms with Gasteiger partial charge >= 0.3 is 0 Å². The van der Waals surface area contributed by atoms with E-state index in [2.05, 4.69) is 169 Å². The van der Waals surface area contributed by atoms with Gasteiger partial charge in [-0.1, -0.05) is 45.9 Å². The van der Waals surface area contributed by atoms with Gasteiger partial charge < -0.3 is 19.6 Å². The zero-order valence-corrected chi connectivity index (χ0v) is 34.6. The molecule has 4 rings (SSSR count). The Kier molecular flexibility index (Phi) is 17.7. The summed E-state index contributed by atoms with van der Waals surface area (Å²) in [5, 5.41) is 0. The lowest BCUT2D eigenvalue weighted by molar-refractivity contribution is -0.695. The summed E-state index contributed by atoms with van der Waals surface area (Å²) in [4.78, 5) is 33.5. The average molecular weight is 767 g/mol. The first-order valence-corrected chi connectivity index (χ1v) is 21.3. The van der Waals surface area contributed by atoms with Gasteiger partial charge in [-0.15, -0.1) is 0 Å². The largest absolute Gasteiger partial charge is 0.375 e. The molecule has 0 saturated heterocycles. The Labute approximate surface area is 331 Å². The third-order valence-electron chi connectivity index (χ3n) is 9.47. The van der Waals surface area contributed by atoms with Gasteiger partial charge in [0.1, 0.15) is 13.1 Å². The number of benzene rings is 2. The fourth-order valence-corrected chi connectivity index (χ4v) is 7.82. The van der Waals surface area contributed by atoms with Crippen LogP contribution in [0.5, 0.6) is 0 Å². The van der Waals surface area contributed by atoms with Crippen molar-refractivity contribution in [3.8, 4) is 0 Å². The first-order chi connectivity index (χ1) is 26.2. The fraction of sp³-hybridized carbons (Fsp3) is 0.364. The zero-order valence-electron chi connectivity index (χ0n) is 32.9. The number of carbonyl (C=O) groups excluding carboxylic acids is 2. The Balaban J connectivity index is 1.06. The summed E-state index contributed by atoms with van der Waals surface area (Å²) in [5.41, 5.74) is 6.99. The monoisotopic (exact) mass is 766 g/mol. The van der Waals surface area contributed by atoms with Crippen molar-refractivity contribution >= 4 is 69.1 Å². The van der Waals surface area contributed by atoms with Gasteiger partial charge in [-0.2, -0.15) is 9.13 Å².